The molecule has 1 fully saturated rings. The Morgan fingerprint density at radius 2 is 2.25 bits per heavy atom. The highest BCUT2D eigenvalue weighted by Gasteiger charge is 2.24. The van der Waals surface area contributed by atoms with Crippen molar-refractivity contribution in [2.75, 3.05) is 7.11 Å². The number of aromatic hydroxyl groups is 1. The number of rotatable bonds is 3. The minimum absolute atomic E-state index is 0.0444. The minimum atomic E-state index is -0.615. The van der Waals surface area contributed by atoms with E-state index in [1.165, 1.54) is 13.2 Å². The summed E-state index contributed by atoms with van der Waals surface area (Å²) in [6.45, 7) is 0. The Morgan fingerprint density at radius 1 is 1.55 bits per heavy atom. The zero-order valence-corrected chi connectivity index (χ0v) is 11.7. The van der Waals surface area contributed by atoms with Crippen molar-refractivity contribution in [1.29, 1.82) is 0 Å². The molecule has 9 heteroatoms. The number of thiocarbonyl (C=S) groups is 1. The topological polar surface area (TPSA) is 102 Å². The first-order chi connectivity index (χ1) is 9.42. The molecule has 1 amide bonds. The van der Waals surface area contributed by atoms with E-state index in [1.54, 1.807) is 0 Å². The van der Waals surface area contributed by atoms with Gasteiger partial charge in [0.2, 0.25) is 0 Å². The van der Waals surface area contributed by atoms with Gasteiger partial charge in [0.05, 0.1) is 23.0 Å². The summed E-state index contributed by atoms with van der Waals surface area (Å²) in [4.78, 5) is 22.0. The summed E-state index contributed by atoms with van der Waals surface area (Å²) in [5.41, 5.74) is -0.143. The number of nitro benzene ring substituents is 1. The number of carbonyl (C=O) groups is 1. The van der Waals surface area contributed by atoms with Gasteiger partial charge in [-0.3, -0.25) is 14.9 Å². The highest BCUT2D eigenvalue weighted by Crippen LogP contribution is 2.37. The number of nitro groups is 1. The first-order valence-electron chi connectivity index (χ1n) is 5.22. The molecule has 1 aromatic rings. The van der Waals surface area contributed by atoms with E-state index < -0.39 is 10.8 Å². The van der Waals surface area contributed by atoms with Crippen LogP contribution in [0.1, 0.15) is 5.56 Å². The molecule has 0 saturated carbocycles. The molecular formula is C11H8N2O5S2. The predicted octanol–water partition coefficient (Wildman–Crippen LogP) is 1.80. The summed E-state index contributed by atoms with van der Waals surface area (Å²) >= 11 is 5.85. The fraction of sp³-hybridized carbons (Fsp3) is 0.0909. The van der Waals surface area contributed by atoms with E-state index in [1.807, 2.05) is 0 Å². The highest BCUT2D eigenvalue weighted by molar-refractivity contribution is 8.26. The molecule has 0 aromatic heterocycles. The van der Waals surface area contributed by atoms with Crippen LogP contribution in [0.4, 0.5) is 5.69 Å². The standard InChI is InChI=1S/C11H8N2O5S2/c1-18-7-4-6(13(16)17)2-5(9(7)14)3-8-10(15)12-11(19)20-8/h2-4,14H,1H3,(H,12,15,19)/b8-3-. The largest absolute Gasteiger partial charge is 0.504 e. The molecular weight excluding hydrogens is 304 g/mol. The second-order valence-electron chi connectivity index (χ2n) is 3.70. The number of ether oxygens (including phenoxy) is 1. The molecule has 1 saturated heterocycles. The van der Waals surface area contributed by atoms with Crippen LogP contribution in [0.25, 0.3) is 6.08 Å². The number of methoxy groups -OCH3 is 1. The lowest BCUT2D eigenvalue weighted by Gasteiger charge is -2.06. The van der Waals surface area contributed by atoms with E-state index in [4.69, 9.17) is 17.0 Å². The molecule has 104 valence electrons. The van der Waals surface area contributed by atoms with Gasteiger partial charge in [0.15, 0.2) is 11.5 Å². The monoisotopic (exact) mass is 312 g/mol. The van der Waals surface area contributed by atoms with E-state index in [0.717, 1.165) is 23.9 Å². The Hall–Kier alpha value is -2.13. The number of hydrogen-bond donors (Lipinski definition) is 2. The van der Waals surface area contributed by atoms with Crippen molar-refractivity contribution < 1.29 is 19.6 Å². The molecule has 0 radical (unpaired) electrons. The SMILES string of the molecule is COc1cc([N+](=O)[O-])cc(/C=C2\SC(=S)NC2=O)c1O. The average molecular weight is 312 g/mol. The molecule has 2 N–H and O–H groups in total. The van der Waals surface area contributed by atoms with E-state index in [9.17, 15) is 20.0 Å². The summed E-state index contributed by atoms with van der Waals surface area (Å²) in [7, 11) is 1.28. The third-order valence-electron chi connectivity index (χ3n) is 2.45. The lowest BCUT2D eigenvalue weighted by Crippen LogP contribution is -2.17. The fourth-order valence-electron chi connectivity index (χ4n) is 1.55. The Labute approximate surface area is 122 Å². The van der Waals surface area contributed by atoms with Crippen molar-refractivity contribution >= 4 is 46.0 Å². The van der Waals surface area contributed by atoms with Gasteiger partial charge in [-0.2, -0.15) is 0 Å². The zero-order valence-electron chi connectivity index (χ0n) is 10.1. The van der Waals surface area contributed by atoms with Crippen LogP contribution in [0.15, 0.2) is 17.0 Å². The summed E-state index contributed by atoms with van der Waals surface area (Å²) in [6.07, 6.45) is 1.32. The van der Waals surface area contributed by atoms with Gasteiger partial charge in [0.1, 0.15) is 4.32 Å². The number of benzene rings is 1. The molecule has 1 aromatic carbocycles. The number of non-ortho nitro benzene ring substituents is 1. The summed E-state index contributed by atoms with van der Waals surface area (Å²) < 4.78 is 5.16. The molecule has 2 rings (SSSR count). The molecule has 1 aliphatic rings. The van der Waals surface area contributed by atoms with Gasteiger partial charge in [-0.05, 0) is 6.08 Å². The van der Waals surface area contributed by atoms with Crippen LogP contribution in [0.3, 0.4) is 0 Å². The molecule has 0 unspecified atom stereocenters. The van der Waals surface area contributed by atoms with Crippen LogP contribution < -0.4 is 10.1 Å². The maximum Gasteiger partial charge on any atom is 0.274 e. The lowest BCUT2D eigenvalue weighted by molar-refractivity contribution is -0.385. The van der Waals surface area contributed by atoms with E-state index in [-0.39, 0.29) is 32.0 Å². The molecule has 0 spiro atoms. The van der Waals surface area contributed by atoms with Crippen molar-refractivity contribution in [2.45, 2.75) is 0 Å². The van der Waals surface area contributed by atoms with Crippen molar-refractivity contribution in [2.24, 2.45) is 0 Å². The van der Waals surface area contributed by atoms with Crippen LogP contribution in [0.5, 0.6) is 11.5 Å². The lowest BCUT2D eigenvalue weighted by atomic mass is 10.1. The molecule has 0 aliphatic carbocycles. The van der Waals surface area contributed by atoms with Gasteiger partial charge >= 0.3 is 0 Å². The number of nitrogens with one attached hydrogen (secondary N) is 1. The van der Waals surface area contributed by atoms with Crippen molar-refractivity contribution in [1.82, 2.24) is 5.32 Å². The average Bonchev–Trinajstić information content (AvgIpc) is 2.70. The number of thioether (sulfide) groups is 1. The normalized spacial score (nSPS) is 16.4. The first-order valence-corrected chi connectivity index (χ1v) is 6.45. The molecule has 0 bridgehead atoms. The molecule has 1 aliphatic heterocycles. The van der Waals surface area contributed by atoms with Gasteiger partial charge in [0, 0.05) is 11.6 Å². The third kappa shape index (κ3) is 2.73. The molecule has 20 heavy (non-hydrogen) atoms. The summed E-state index contributed by atoms with van der Waals surface area (Å²) in [6, 6.07) is 2.25. The van der Waals surface area contributed by atoms with Crippen LogP contribution >= 0.6 is 24.0 Å². The van der Waals surface area contributed by atoms with Crippen LogP contribution in [0, 0.1) is 10.1 Å². The van der Waals surface area contributed by atoms with Gasteiger partial charge in [-0.15, -0.1) is 0 Å². The Bertz CT molecular complexity index is 656. The van der Waals surface area contributed by atoms with Crippen molar-refractivity contribution in [3.05, 3.63) is 32.7 Å². The van der Waals surface area contributed by atoms with Crippen LogP contribution in [-0.2, 0) is 4.79 Å². The van der Waals surface area contributed by atoms with Crippen LogP contribution in [-0.4, -0.2) is 27.4 Å². The number of phenols is 1. The fourth-order valence-corrected chi connectivity index (χ4v) is 2.58. The smallest absolute Gasteiger partial charge is 0.274 e. The summed E-state index contributed by atoms with van der Waals surface area (Å²) in [5.74, 6) is -0.737. The second kappa shape index (κ2) is 5.47. The maximum atomic E-state index is 11.5. The second-order valence-corrected chi connectivity index (χ2v) is 5.41. The first kappa shape index (κ1) is 14.3. The predicted molar refractivity (Wildman–Crippen MR) is 77.6 cm³/mol. The van der Waals surface area contributed by atoms with Crippen molar-refractivity contribution in [3.63, 3.8) is 0 Å². The zero-order chi connectivity index (χ0) is 14.9. The summed E-state index contributed by atoms with van der Waals surface area (Å²) in [5, 5.41) is 23.2. The molecule has 7 nitrogen and oxygen atoms in total. The maximum absolute atomic E-state index is 11.5. The number of hydrogen-bond acceptors (Lipinski definition) is 7. The highest BCUT2D eigenvalue weighted by atomic mass is 32.2. The van der Waals surface area contributed by atoms with E-state index in [2.05, 4.69) is 5.32 Å². The molecule has 0 atom stereocenters. The van der Waals surface area contributed by atoms with Crippen molar-refractivity contribution in [3.8, 4) is 11.5 Å². The Morgan fingerprint density at radius 3 is 2.75 bits per heavy atom. The van der Waals surface area contributed by atoms with Gasteiger partial charge in [-0.1, -0.05) is 24.0 Å². The quantitative estimate of drug-likeness (QED) is 0.380. The number of nitrogens with zero attached hydrogens (tertiary/aromatic N) is 1. The van der Waals surface area contributed by atoms with E-state index in [0.29, 0.717) is 0 Å². The van der Waals surface area contributed by atoms with E-state index >= 15 is 0 Å². The van der Waals surface area contributed by atoms with Gasteiger partial charge in [-0.25, -0.2) is 0 Å². The third-order valence-corrected chi connectivity index (χ3v) is 3.61. The molecule has 1 heterocycles. The van der Waals surface area contributed by atoms with Crippen LogP contribution in [0.2, 0.25) is 0 Å². The Balaban J connectivity index is 2.53. The van der Waals surface area contributed by atoms with Gasteiger partial charge in [0.25, 0.3) is 11.6 Å². The number of carbonyl (C=O) groups excluding carboxylic acids is 1. The number of amides is 1. The Kier molecular flexibility index (Phi) is 3.91. The minimum Gasteiger partial charge on any atom is -0.504 e. The van der Waals surface area contributed by atoms with Gasteiger partial charge < -0.3 is 15.2 Å². The number of phenolic OH excluding ortho intramolecular Hbond substituents is 1.